The van der Waals surface area contributed by atoms with Crippen LogP contribution in [0.1, 0.15) is 172 Å². The van der Waals surface area contributed by atoms with Gasteiger partial charge < -0.3 is 9.05 Å². The number of rotatable bonds is 29. The fraction of sp³-hybridized carbons (Fsp3) is 0.600. The van der Waals surface area contributed by atoms with Crippen molar-refractivity contribution in [3.05, 3.63) is 89.5 Å². The second kappa shape index (κ2) is 25.4. The smallest absolute Gasteiger partial charge is 0.413 e. The van der Waals surface area contributed by atoms with Crippen LogP contribution in [0.2, 0.25) is 0 Å². The SMILES string of the molecule is CCCCCCCCCc1ccc(OP(=O)(Oc2ccc(CCCCCCCCC)cc2)c2ccc(CCCCCCCCC)cc2)cc1. The zero-order valence-corrected chi connectivity index (χ0v) is 32.5. The summed E-state index contributed by atoms with van der Waals surface area (Å²) >= 11 is 0. The Morgan fingerprint density at radius 2 is 0.633 bits per heavy atom. The quantitative estimate of drug-likeness (QED) is 0.0538. The van der Waals surface area contributed by atoms with Crippen LogP contribution < -0.4 is 14.4 Å². The number of unbranched alkanes of at least 4 members (excludes halogenated alkanes) is 18. The van der Waals surface area contributed by atoms with Crippen LogP contribution >= 0.6 is 7.60 Å². The van der Waals surface area contributed by atoms with Crippen molar-refractivity contribution in [2.75, 3.05) is 0 Å². The Morgan fingerprint density at radius 1 is 0.367 bits per heavy atom. The van der Waals surface area contributed by atoms with Crippen molar-refractivity contribution in [3.8, 4) is 11.5 Å². The molecule has 0 aromatic heterocycles. The predicted molar refractivity (Wildman–Crippen MR) is 213 cm³/mol. The summed E-state index contributed by atoms with van der Waals surface area (Å²) in [7, 11) is -3.69. The van der Waals surface area contributed by atoms with E-state index in [0.29, 0.717) is 16.8 Å². The molecule has 0 radical (unpaired) electrons. The maximum absolute atomic E-state index is 14.6. The topological polar surface area (TPSA) is 35.5 Å². The summed E-state index contributed by atoms with van der Waals surface area (Å²) in [5, 5.41) is 0.593. The molecular formula is C45H69O3P. The van der Waals surface area contributed by atoms with Crippen LogP contribution in [0.4, 0.5) is 0 Å². The minimum absolute atomic E-state index is 0.578. The molecule has 0 amide bonds. The maximum Gasteiger partial charge on any atom is 0.462 e. The average molecular weight is 689 g/mol. The first-order valence-electron chi connectivity index (χ1n) is 20.3. The van der Waals surface area contributed by atoms with Crippen molar-refractivity contribution < 1.29 is 13.6 Å². The first-order valence-corrected chi connectivity index (χ1v) is 21.9. The van der Waals surface area contributed by atoms with Gasteiger partial charge >= 0.3 is 7.60 Å². The summed E-state index contributed by atoms with van der Waals surface area (Å²) in [6.45, 7) is 6.80. The van der Waals surface area contributed by atoms with E-state index in [2.05, 4.69) is 57.2 Å². The molecule has 3 aromatic carbocycles. The molecule has 49 heavy (non-hydrogen) atoms. The minimum atomic E-state index is -3.69. The van der Waals surface area contributed by atoms with Crippen LogP contribution in [0.25, 0.3) is 0 Å². The number of benzene rings is 3. The summed E-state index contributed by atoms with van der Waals surface area (Å²) in [6.07, 6.45) is 30.5. The highest BCUT2D eigenvalue weighted by atomic mass is 31.2. The lowest BCUT2D eigenvalue weighted by Gasteiger charge is -2.21. The molecule has 0 bridgehead atoms. The molecule has 0 aliphatic carbocycles. The summed E-state index contributed by atoms with van der Waals surface area (Å²) in [4.78, 5) is 0. The molecule has 3 aromatic rings. The molecule has 0 unspecified atom stereocenters. The second-order valence-corrected chi connectivity index (χ2v) is 16.1. The molecule has 0 aliphatic rings. The van der Waals surface area contributed by atoms with Crippen LogP contribution in [0.5, 0.6) is 11.5 Å². The highest BCUT2D eigenvalue weighted by molar-refractivity contribution is 7.63. The van der Waals surface area contributed by atoms with Gasteiger partial charge in [-0.25, -0.2) is 4.57 Å². The van der Waals surface area contributed by atoms with Gasteiger partial charge in [0.15, 0.2) is 0 Å². The van der Waals surface area contributed by atoms with Gasteiger partial charge in [0.1, 0.15) is 11.5 Å². The summed E-state index contributed by atoms with van der Waals surface area (Å²) in [5.74, 6) is 1.16. The Hall–Kier alpha value is -2.51. The van der Waals surface area contributed by atoms with E-state index in [1.165, 1.54) is 152 Å². The van der Waals surface area contributed by atoms with Crippen LogP contribution in [-0.4, -0.2) is 0 Å². The van der Waals surface area contributed by atoms with Crippen LogP contribution in [0.3, 0.4) is 0 Å². The van der Waals surface area contributed by atoms with Gasteiger partial charge in [-0.2, -0.15) is 0 Å². The van der Waals surface area contributed by atoms with E-state index in [9.17, 15) is 4.57 Å². The molecule has 3 rings (SSSR count). The monoisotopic (exact) mass is 688 g/mol. The van der Waals surface area contributed by atoms with Crippen molar-refractivity contribution in [3.63, 3.8) is 0 Å². The van der Waals surface area contributed by atoms with Crippen LogP contribution in [0.15, 0.2) is 72.8 Å². The molecule has 0 N–H and O–H groups in total. The van der Waals surface area contributed by atoms with E-state index >= 15 is 0 Å². The lowest BCUT2D eigenvalue weighted by Crippen LogP contribution is -2.15. The van der Waals surface area contributed by atoms with E-state index in [0.717, 1.165) is 19.3 Å². The van der Waals surface area contributed by atoms with Crippen molar-refractivity contribution in [2.24, 2.45) is 0 Å². The van der Waals surface area contributed by atoms with Gasteiger partial charge in [-0.05, 0) is 91.6 Å². The molecular weight excluding hydrogens is 619 g/mol. The molecule has 0 atom stereocenters. The van der Waals surface area contributed by atoms with Crippen molar-refractivity contribution in [1.29, 1.82) is 0 Å². The zero-order chi connectivity index (χ0) is 34.8. The van der Waals surface area contributed by atoms with E-state index in [1.54, 1.807) is 0 Å². The van der Waals surface area contributed by atoms with Gasteiger partial charge in [0.05, 0.1) is 5.30 Å². The Balaban J connectivity index is 1.61. The Morgan fingerprint density at radius 3 is 0.939 bits per heavy atom. The first-order chi connectivity index (χ1) is 24.1. The van der Waals surface area contributed by atoms with E-state index in [1.807, 2.05) is 36.4 Å². The third-order valence-electron chi connectivity index (χ3n) is 9.76. The van der Waals surface area contributed by atoms with Gasteiger partial charge in [-0.1, -0.05) is 173 Å². The largest absolute Gasteiger partial charge is 0.462 e. The van der Waals surface area contributed by atoms with Crippen LogP contribution in [0, 0.1) is 0 Å². The molecule has 272 valence electrons. The highest BCUT2D eigenvalue weighted by Crippen LogP contribution is 2.47. The second-order valence-electron chi connectivity index (χ2n) is 14.2. The Bertz CT molecular complexity index is 1200. The predicted octanol–water partition coefficient (Wildman–Crippen LogP) is 14.5. The van der Waals surface area contributed by atoms with Crippen LogP contribution in [-0.2, 0) is 23.8 Å². The Labute approximate surface area is 301 Å². The third kappa shape index (κ3) is 17.3. The molecule has 4 heteroatoms. The van der Waals surface area contributed by atoms with Gasteiger partial charge in [-0.3, -0.25) is 0 Å². The van der Waals surface area contributed by atoms with Crippen molar-refractivity contribution >= 4 is 12.9 Å². The summed E-state index contributed by atoms with van der Waals surface area (Å²) in [6, 6.07) is 24.3. The standard InChI is InChI=1S/C45H69O3P/c1-4-7-10-13-16-19-22-25-40-28-34-43(35-29-40)47-49(46,45-38-32-42(33-39-45)27-24-21-18-15-12-9-6-3)48-44-36-30-41(31-37-44)26-23-20-17-14-11-8-5-2/h28-39H,4-27H2,1-3H3. The fourth-order valence-electron chi connectivity index (χ4n) is 6.54. The molecule has 0 saturated heterocycles. The van der Waals surface area contributed by atoms with E-state index < -0.39 is 7.60 Å². The van der Waals surface area contributed by atoms with Gasteiger partial charge in [-0.15, -0.1) is 0 Å². The van der Waals surface area contributed by atoms with E-state index in [-0.39, 0.29) is 0 Å². The Kier molecular flexibility index (Phi) is 21.2. The third-order valence-corrected chi connectivity index (χ3v) is 11.6. The molecule has 0 fully saturated rings. The summed E-state index contributed by atoms with van der Waals surface area (Å²) in [5.41, 5.74) is 3.86. The normalized spacial score (nSPS) is 11.6. The van der Waals surface area contributed by atoms with Gasteiger partial charge in [0.2, 0.25) is 0 Å². The maximum atomic E-state index is 14.6. The van der Waals surface area contributed by atoms with Crippen molar-refractivity contribution in [2.45, 2.75) is 175 Å². The number of aryl methyl sites for hydroxylation is 3. The average Bonchev–Trinajstić information content (AvgIpc) is 3.12. The number of hydrogen-bond donors (Lipinski definition) is 0. The zero-order valence-electron chi connectivity index (χ0n) is 31.6. The van der Waals surface area contributed by atoms with Gasteiger partial charge in [0.25, 0.3) is 0 Å². The number of hydrogen-bond acceptors (Lipinski definition) is 3. The first kappa shape index (κ1) is 40.9. The molecule has 3 nitrogen and oxygen atoms in total. The molecule has 0 heterocycles. The highest BCUT2D eigenvalue weighted by Gasteiger charge is 2.31. The fourth-order valence-corrected chi connectivity index (χ4v) is 8.10. The van der Waals surface area contributed by atoms with E-state index in [4.69, 9.17) is 9.05 Å². The van der Waals surface area contributed by atoms with Gasteiger partial charge in [0, 0.05) is 0 Å². The lowest BCUT2D eigenvalue weighted by molar-refractivity contribution is 0.399. The summed E-state index contributed by atoms with van der Waals surface area (Å²) < 4.78 is 27.2. The molecule has 0 saturated carbocycles. The lowest BCUT2D eigenvalue weighted by atomic mass is 10.0. The van der Waals surface area contributed by atoms with Crippen molar-refractivity contribution in [1.82, 2.24) is 0 Å². The molecule has 0 aliphatic heterocycles. The molecule has 0 spiro atoms. The minimum Gasteiger partial charge on any atom is -0.413 e.